The van der Waals surface area contributed by atoms with Crippen molar-refractivity contribution in [3.63, 3.8) is 0 Å². The maximum absolute atomic E-state index is 11.6. The molecule has 0 aromatic heterocycles. The summed E-state index contributed by atoms with van der Waals surface area (Å²) in [6.45, 7) is 1.03. The number of halogens is 3. The molecule has 0 aromatic carbocycles. The molecule has 0 aliphatic carbocycles. The first kappa shape index (κ1) is 13.3. The van der Waals surface area contributed by atoms with Crippen LogP contribution >= 0.6 is 0 Å². The summed E-state index contributed by atoms with van der Waals surface area (Å²) in [5, 5.41) is 2.88. The van der Waals surface area contributed by atoms with Gasteiger partial charge in [0.15, 0.2) is 0 Å². The van der Waals surface area contributed by atoms with Crippen LogP contribution < -0.4 is 5.32 Å². The third-order valence-electron chi connectivity index (χ3n) is 1.51. The molecule has 0 fully saturated rings. The summed E-state index contributed by atoms with van der Waals surface area (Å²) in [5.41, 5.74) is 0. The summed E-state index contributed by atoms with van der Waals surface area (Å²) in [5.74, 6) is 2.47. The van der Waals surface area contributed by atoms with Gasteiger partial charge in [0.2, 0.25) is 0 Å². The smallest absolute Gasteiger partial charge is 0.371 e. The third kappa shape index (κ3) is 7.90. The quantitative estimate of drug-likeness (QED) is 0.529. The summed E-state index contributed by atoms with van der Waals surface area (Å²) in [7, 11) is 0. The lowest BCUT2D eigenvalue weighted by Crippen LogP contribution is -2.31. The van der Waals surface area contributed by atoms with Crippen LogP contribution in [0, 0.1) is 12.3 Å². The second kappa shape index (κ2) is 6.68. The zero-order valence-electron chi connectivity index (χ0n) is 8.03. The van der Waals surface area contributed by atoms with Crippen molar-refractivity contribution in [2.24, 2.45) is 0 Å². The first-order chi connectivity index (χ1) is 6.49. The van der Waals surface area contributed by atoms with E-state index in [-0.39, 0.29) is 12.6 Å². The van der Waals surface area contributed by atoms with E-state index < -0.39 is 12.8 Å². The van der Waals surface area contributed by atoms with E-state index in [1.165, 1.54) is 0 Å². The van der Waals surface area contributed by atoms with Gasteiger partial charge in [0.1, 0.15) is 6.61 Å². The zero-order chi connectivity index (χ0) is 11.0. The van der Waals surface area contributed by atoms with Crippen molar-refractivity contribution in [2.45, 2.75) is 25.6 Å². The highest BCUT2D eigenvalue weighted by molar-refractivity contribution is 4.97. The first-order valence-corrected chi connectivity index (χ1v) is 4.33. The lowest BCUT2D eigenvalue weighted by atomic mass is 10.2. The Hall–Kier alpha value is -0.730. The molecule has 2 nitrogen and oxygen atoms in total. The molecule has 1 N–H and O–H groups in total. The molecule has 0 aliphatic rings. The summed E-state index contributed by atoms with van der Waals surface area (Å²) in [6.07, 6.45) is 1.63. The normalized spacial score (nSPS) is 13.6. The van der Waals surface area contributed by atoms with E-state index in [0.717, 1.165) is 6.42 Å². The molecular formula is C9H14F3NO. The van der Waals surface area contributed by atoms with E-state index in [1.807, 2.05) is 6.92 Å². The van der Waals surface area contributed by atoms with E-state index in [2.05, 4.69) is 16.0 Å². The molecule has 0 aliphatic heterocycles. The summed E-state index contributed by atoms with van der Waals surface area (Å²) in [6, 6.07) is -0.0931. The Morgan fingerprint density at radius 3 is 2.57 bits per heavy atom. The summed E-state index contributed by atoms with van der Waals surface area (Å²) in [4.78, 5) is 0. The van der Waals surface area contributed by atoms with Gasteiger partial charge in [-0.15, -0.1) is 6.42 Å². The molecule has 82 valence electrons. The van der Waals surface area contributed by atoms with E-state index >= 15 is 0 Å². The van der Waals surface area contributed by atoms with E-state index in [9.17, 15) is 13.2 Å². The van der Waals surface area contributed by atoms with Crippen molar-refractivity contribution in [1.29, 1.82) is 0 Å². The van der Waals surface area contributed by atoms with Gasteiger partial charge in [-0.2, -0.15) is 13.2 Å². The number of rotatable bonds is 6. The van der Waals surface area contributed by atoms with Crippen molar-refractivity contribution in [3.05, 3.63) is 0 Å². The van der Waals surface area contributed by atoms with Crippen molar-refractivity contribution in [2.75, 3.05) is 19.8 Å². The minimum Gasteiger partial charge on any atom is -0.371 e. The van der Waals surface area contributed by atoms with Gasteiger partial charge >= 0.3 is 6.18 Å². The molecular weight excluding hydrogens is 195 g/mol. The number of ether oxygens (including phenoxy) is 1. The van der Waals surface area contributed by atoms with Crippen LogP contribution in [0.15, 0.2) is 0 Å². The molecule has 0 rings (SSSR count). The van der Waals surface area contributed by atoms with Gasteiger partial charge in [-0.05, 0) is 6.42 Å². The van der Waals surface area contributed by atoms with Crippen molar-refractivity contribution in [3.8, 4) is 12.3 Å². The van der Waals surface area contributed by atoms with Gasteiger partial charge in [0.05, 0.1) is 12.6 Å². The fraction of sp³-hybridized carbons (Fsp3) is 0.778. The topological polar surface area (TPSA) is 21.3 Å². The Labute approximate surface area is 81.8 Å². The van der Waals surface area contributed by atoms with Crippen molar-refractivity contribution in [1.82, 2.24) is 5.32 Å². The fourth-order valence-electron chi connectivity index (χ4n) is 0.814. The SMILES string of the molecule is C#CC(CC)NCCOCC(F)(F)F. The summed E-state index contributed by atoms with van der Waals surface area (Å²) < 4.78 is 39.2. The Morgan fingerprint density at radius 2 is 2.14 bits per heavy atom. The van der Waals surface area contributed by atoms with Crippen LogP contribution in [0.5, 0.6) is 0 Å². The largest absolute Gasteiger partial charge is 0.411 e. The van der Waals surface area contributed by atoms with Gasteiger partial charge < -0.3 is 10.1 Å². The number of hydrogen-bond acceptors (Lipinski definition) is 2. The van der Waals surface area contributed by atoms with Crippen LogP contribution in [0.4, 0.5) is 13.2 Å². The minimum absolute atomic E-state index is 0.0116. The number of nitrogens with one attached hydrogen (secondary N) is 1. The summed E-state index contributed by atoms with van der Waals surface area (Å²) >= 11 is 0. The van der Waals surface area contributed by atoms with E-state index in [0.29, 0.717) is 6.54 Å². The third-order valence-corrected chi connectivity index (χ3v) is 1.51. The zero-order valence-corrected chi connectivity index (χ0v) is 8.03. The fourth-order valence-corrected chi connectivity index (χ4v) is 0.814. The highest BCUT2D eigenvalue weighted by atomic mass is 19.4. The van der Waals surface area contributed by atoms with Crippen molar-refractivity contribution < 1.29 is 17.9 Å². The standard InChI is InChI=1S/C9H14F3NO/c1-3-8(4-2)13-5-6-14-7-9(10,11)12/h1,8,13H,4-7H2,2H3. The predicted molar refractivity (Wildman–Crippen MR) is 47.8 cm³/mol. The highest BCUT2D eigenvalue weighted by Gasteiger charge is 2.27. The molecule has 0 saturated heterocycles. The van der Waals surface area contributed by atoms with Crippen LogP contribution in [0.2, 0.25) is 0 Å². The predicted octanol–water partition coefficient (Wildman–Crippen LogP) is 1.57. The molecule has 0 radical (unpaired) electrons. The Balaban J connectivity index is 3.35. The molecule has 0 spiro atoms. The molecule has 1 atom stereocenters. The molecule has 0 bridgehead atoms. The number of alkyl halides is 3. The average molecular weight is 209 g/mol. The van der Waals surface area contributed by atoms with Crippen LogP contribution in [0.1, 0.15) is 13.3 Å². The molecule has 14 heavy (non-hydrogen) atoms. The molecule has 0 amide bonds. The van der Waals surface area contributed by atoms with E-state index in [4.69, 9.17) is 6.42 Å². The first-order valence-electron chi connectivity index (χ1n) is 4.33. The Bertz CT molecular complexity index is 185. The van der Waals surface area contributed by atoms with Gasteiger partial charge in [-0.1, -0.05) is 12.8 Å². The van der Waals surface area contributed by atoms with Crippen LogP contribution in [0.25, 0.3) is 0 Å². The van der Waals surface area contributed by atoms with Crippen LogP contribution in [-0.2, 0) is 4.74 Å². The number of terminal acetylenes is 1. The molecule has 1 unspecified atom stereocenters. The second-order valence-electron chi connectivity index (χ2n) is 2.75. The van der Waals surface area contributed by atoms with Gasteiger partial charge in [-0.3, -0.25) is 0 Å². The minimum atomic E-state index is -4.25. The van der Waals surface area contributed by atoms with Gasteiger partial charge in [-0.25, -0.2) is 0 Å². The lowest BCUT2D eigenvalue weighted by molar-refractivity contribution is -0.173. The molecule has 0 saturated carbocycles. The molecule has 0 aromatic rings. The highest BCUT2D eigenvalue weighted by Crippen LogP contribution is 2.13. The Morgan fingerprint density at radius 1 is 1.50 bits per heavy atom. The van der Waals surface area contributed by atoms with E-state index in [1.54, 1.807) is 0 Å². The Kier molecular flexibility index (Phi) is 6.34. The van der Waals surface area contributed by atoms with Crippen LogP contribution in [0.3, 0.4) is 0 Å². The maximum Gasteiger partial charge on any atom is 0.411 e. The maximum atomic E-state index is 11.6. The second-order valence-corrected chi connectivity index (χ2v) is 2.75. The molecule has 0 heterocycles. The average Bonchev–Trinajstić information content (AvgIpc) is 2.09. The molecule has 5 heteroatoms. The van der Waals surface area contributed by atoms with Crippen molar-refractivity contribution >= 4 is 0 Å². The number of hydrogen-bond donors (Lipinski definition) is 1. The lowest BCUT2D eigenvalue weighted by Gasteiger charge is -2.11. The van der Waals surface area contributed by atoms with Gasteiger partial charge in [0, 0.05) is 6.54 Å². The van der Waals surface area contributed by atoms with Gasteiger partial charge in [0.25, 0.3) is 0 Å². The monoisotopic (exact) mass is 209 g/mol. The van der Waals surface area contributed by atoms with Crippen LogP contribution in [-0.4, -0.2) is 32.0 Å².